The topological polar surface area (TPSA) is 130 Å². The van der Waals surface area contributed by atoms with Gasteiger partial charge >= 0.3 is 6.03 Å². The lowest BCUT2D eigenvalue weighted by Gasteiger charge is -2.27. The summed E-state index contributed by atoms with van der Waals surface area (Å²) in [5.41, 5.74) is 3.85. The number of ether oxygens (including phenoxy) is 1. The minimum atomic E-state index is -4.08. The zero-order valence-electron chi connectivity index (χ0n) is 21.7. The summed E-state index contributed by atoms with van der Waals surface area (Å²) in [4.78, 5) is 16.3. The smallest absolute Gasteiger partial charge is 0.333 e. The molecule has 1 aliphatic rings. The molecule has 2 heterocycles. The predicted octanol–water partition coefficient (Wildman–Crippen LogP) is 4.28. The molecule has 206 valence electrons. The van der Waals surface area contributed by atoms with Crippen molar-refractivity contribution in [2.45, 2.75) is 29.9 Å². The molecule has 40 heavy (non-hydrogen) atoms. The van der Waals surface area contributed by atoms with E-state index in [1.165, 1.54) is 6.07 Å². The first-order valence-corrected chi connectivity index (χ1v) is 14.4. The first-order chi connectivity index (χ1) is 19.4. The van der Waals surface area contributed by atoms with Crippen LogP contribution in [0, 0.1) is 0 Å². The molecule has 0 bridgehead atoms. The molecule has 0 unspecified atom stereocenters. The van der Waals surface area contributed by atoms with E-state index in [4.69, 9.17) is 4.74 Å². The third-order valence-electron chi connectivity index (χ3n) is 6.61. The van der Waals surface area contributed by atoms with E-state index in [0.29, 0.717) is 24.3 Å². The molecule has 4 aromatic rings. The summed E-state index contributed by atoms with van der Waals surface area (Å²) in [6, 6.07) is 23.7. The third kappa shape index (κ3) is 6.84. The molecular weight excluding hydrogens is 528 g/mol. The van der Waals surface area contributed by atoms with Crippen LogP contribution in [0.15, 0.2) is 102 Å². The fourth-order valence-corrected chi connectivity index (χ4v) is 5.49. The van der Waals surface area contributed by atoms with Crippen LogP contribution in [0.2, 0.25) is 0 Å². The van der Waals surface area contributed by atoms with Crippen molar-refractivity contribution in [1.82, 2.24) is 15.0 Å². The van der Waals surface area contributed by atoms with Crippen LogP contribution in [-0.2, 0) is 16.4 Å². The molecule has 1 aliphatic heterocycles. The van der Waals surface area contributed by atoms with Gasteiger partial charge in [-0.3, -0.25) is 4.98 Å². The second kappa shape index (κ2) is 12.3. The molecule has 2 atom stereocenters. The highest BCUT2D eigenvalue weighted by Crippen LogP contribution is 2.32. The van der Waals surface area contributed by atoms with Crippen molar-refractivity contribution >= 4 is 21.7 Å². The molecule has 0 saturated heterocycles. The third-order valence-corrected chi connectivity index (χ3v) is 7.93. The number of rotatable bonds is 9. The number of nitrogens with one attached hydrogen (secondary N) is 3. The van der Waals surface area contributed by atoms with Crippen LogP contribution < -0.4 is 20.1 Å². The lowest BCUT2D eigenvalue weighted by molar-refractivity contribution is 0.146. The van der Waals surface area contributed by atoms with Crippen molar-refractivity contribution in [2.24, 2.45) is 0 Å². The highest BCUT2D eigenvalue weighted by atomic mass is 32.2. The van der Waals surface area contributed by atoms with E-state index in [1.807, 2.05) is 30.3 Å². The number of benzene rings is 3. The van der Waals surface area contributed by atoms with E-state index in [-0.39, 0.29) is 11.0 Å². The van der Waals surface area contributed by atoms with Gasteiger partial charge in [-0.05, 0) is 72.0 Å². The van der Waals surface area contributed by atoms with Gasteiger partial charge in [-0.1, -0.05) is 42.5 Å². The van der Waals surface area contributed by atoms with Crippen LogP contribution in [0.25, 0.3) is 11.1 Å². The van der Waals surface area contributed by atoms with Crippen LogP contribution in [0.5, 0.6) is 5.75 Å². The Labute approximate surface area is 233 Å². The summed E-state index contributed by atoms with van der Waals surface area (Å²) in [7, 11) is -4.08. The second-order valence-corrected chi connectivity index (χ2v) is 11.2. The number of aliphatic hydroxyl groups excluding tert-OH is 1. The Hall–Kier alpha value is -4.25. The van der Waals surface area contributed by atoms with E-state index >= 15 is 0 Å². The lowest BCUT2D eigenvalue weighted by atomic mass is 9.97. The van der Waals surface area contributed by atoms with Crippen molar-refractivity contribution in [3.05, 3.63) is 108 Å². The SMILES string of the molecule is O=C(Nc1ccccc1)NS(=O)(=O)c1cccc(-c2ccc3c(c2)CC[C@H](CNC[C@H](O)c2cccnc2)O3)c1. The molecule has 0 fully saturated rings. The number of nitrogens with zero attached hydrogens (tertiary/aromatic N) is 1. The zero-order valence-corrected chi connectivity index (χ0v) is 22.5. The molecule has 3 aromatic carbocycles. The van der Waals surface area contributed by atoms with Crippen molar-refractivity contribution in [2.75, 3.05) is 18.4 Å². The van der Waals surface area contributed by atoms with Crippen LogP contribution in [0.1, 0.15) is 23.7 Å². The molecule has 4 N–H and O–H groups in total. The summed E-state index contributed by atoms with van der Waals surface area (Å²) >= 11 is 0. The number of urea groups is 1. The number of aromatic nitrogens is 1. The molecule has 2 amide bonds. The fraction of sp³-hybridized carbons (Fsp3) is 0.200. The number of anilines is 1. The standard InChI is InChI=1S/C30H30N4O5S/c35-28(24-7-5-15-31-18-24)20-32-19-26-13-11-23-16-22(12-14-29(23)39-26)21-6-4-10-27(17-21)40(37,38)34-30(36)33-25-8-2-1-3-9-25/h1-10,12,14-18,26,28,32,35H,11,13,19-20H2,(H2,33,34,36)/t26-,28+/m1/s1. The summed E-state index contributed by atoms with van der Waals surface area (Å²) < 4.78 is 34.0. The highest BCUT2D eigenvalue weighted by Gasteiger charge is 2.22. The first kappa shape index (κ1) is 27.3. The van der Waals surface area contributed by atoms with Crippen molar-refractivity contribution in [3.8, 4) is 16.9 Å². The number of aliphatic hydroxyl groups is 1. The predicted molar refractivity (Wildman–Crippen MR) is 152 cm³/mol. The maximum absolute atomic E-state index is 12.9. The molecule has 0 saturated carbocycles. The monoisotopic (exact) mass is 558 g/mol. The molecule has 0 radical (unpaired) electrons. The Morgan fingerprint density at radius 1 is 1.00 bits per heavy atom. The maximum Gasteiger partial charge on any atom is 0.333 e. The molecule has 0 spiro atoms. The van der Waals surface area contributed by atoms with E-state index in [1.54, 1.807) is 60.9 Å². The number of aryl methyl sites for hydroxylation is 1. The van der Waals surface area contributed by atoms with Crippen LogP contribution >= 0.6 is 0 Å². The average molecular weight is 559 g/mol. The quantitative estimate of drug-likeness (QED) is 0.241. The molecule has 9 nitrogen and oxygen atoms in total. The van der Waals surface area contributed by atoms with Crippen LogP contribution in [0.4, 0.5) is 10.5 Å². The number of hydrogen-bond donors (Lipinski definition) is 4. The lowest BCUT2D eigenvalue weighted by Crippen LogP contribution is -2.36. The normalized spacial score (nSPS) is 15.4. The van der Waals surface area contributed by atoms with Gasteiger partial charge in [-0.2, -0.15) is 0 Å². The van der Waals surface area contributed by atoms with Crippen molar-refractivity contribution in [1.29, 1.82) is 0 Å². The number of amides is 2. The minimum Gasteiger partial charge on any atom is -0.489 e. The molecule has 10 heteroatoms. The Morgan fingerprint density at radius 3 is 2.62 bits per heavy atom. The highest BCUT2D eigenvalue weighted by molar-refractivity contribution is 7.90. The Bertz CT molecular complexity index is 1570. The largest absolute Gasteiger partial charge is 0.489 e. The Kier molecular flexibility index (Phi) is 8.40. The number of carbonyl (C=O) groups excluding carboxylic acids is 1. The number of hydrogen-bond acceptors (Lipinski definition) is 7. The number of fused-ring (bicyclic) bond motifs is 1. The number of sulfonamides is 1. The van der Waals surface area contributed by atoms with Gasteiger partial charge in [-0.15, -0.1) is 0 Å². The summed E-state index contributed by atoms with van der Waals surface area (Å²) in [5.74, 6) is 0.789. The number of para-hydroxylation sites is 1. The molecule has 0 aliphatic carbocycles. The second-order valence-electron chi connectivity index (χ2n) is 9.51. The van der Waals surface area contributed by atoms with E-state index in [0.717, 1.165) is 35.3 Å². The van der Waals surface area contributed by atoms with Crippen LogP contribution in [-0.4, -0.2) is 43.7 Å². The van der Waals surface area contributed by atoms with Gasteiger partial charge in [0.25, 0.3) is 10.0 Å². The van der Waals surface area contributed by atoms with Gasteiger partial charge in [0.2, 0.25) is 0 Å². The first-order valence-electron chi connectivity index (χ1n) is 12.9. The van der Waals surface area contributed by atoms with E-state index < -0.39 is 22.2 Å². The molecule has 1 aromatic heterocycles. The molecule has 5 rings (SSSR count). The summed E-state index contributed by atoms with van der Waals surface area (Å²) in [6.07, 6.45) is 4.27. The fourth-order valence-electron chi connectivity index (χ4n) is 4.54. The minimum absolute atomic E-state index is 0.0122. The van der Waals surface area contributed by atoms with Crippen molar-refractivity contribution < 1.29 is 23.1 Å². The van der Waals surface area contributed by atoms with Gasteiger partial charge in [0.05, 0.1) is 11.0 Å². The van der Waals surface area contributed by atoms with Gasteiger partial charge in [0.1, 0.15) is 11.9 Å². The van der Waals surface area contributed by atoms with Crippen molar-refractivity contribution in [3.63, 3.8) is 0 Å². The summed E-state index contributed by atoms with van der Waals surface area (Å²) in [6.45, 7) is 1.00. The van der Waals surface area contributed by atoms with E-state index in [2.05, 4.69) is 20.3 Å². The van der Waals surface area contributed by atoms with Gasteiger partial charge in [0, 0.05) is 36.7 Å². The Morgan fingerprint density at radius 2 is 1.82 bits per heavy atom. The number of pyridine rings is 1. The maximum atomic E-state index is 12.9. The van der Waals surface area contributed by atoms with Gasteiger partial charge in [0.15, 0.2) is 0 Å². The molecular formula is C30H30N4O5S. The van der Waals surface area contributed by atoms with Crippen LogP contribution in [0.3, 0.4) is 0 Å². The van der Waals surface area contributed by atoms with Gasteiger partial charge in [-0.25, -0.2) is 17.9 Å². The number of carbonyl (C=O) groups is 1. The zero-order chi connectivity index (χ0) is 28.0. The van der Waals surface area contributed by atoms with E-state index in [9.17, 15) is 18.3 Å². The average Bonchev–Trinajstić information content (AvgIpc) is 2.97. The van der Waals surface area contributed by atoms with Gasteiger partial charge < -0.3 is 20.5 Å². The summed E-state index contributed by atoms with van der Waals surface area (Å²) in [5, 5.41) is 16.1. The Balaban J connectivity index is 1.20.